The van der Waals surface area contributed by atoms with Crippen LogP contribution >= 0.6 is 0 Å². The highest BCUT2D eigenvalue weighted by Crippen LogP contribution is 2.65. The summed E-state index contributed by atoms with van der Waals surface area (Å²) in [6, 6.07) is 4.47. The molecule has 0 amide bonds. The van der Waals surface area contributed by atoms with Crippen LogP contribution < -0.4 is 10.5 Å². The SMILES string of the molecule is Cc1ccc2c3c1OC1[C@H](OC(=O)CN)CC[C@@]4(O)[C@@H](C2)N(CC2CC2)CC[C@]314. The predicted octanol–water partition coefficient (Wildman–Crippen LogP) is 1.43. The zero-order chi connectivity index (χ0) is 20.0. The minimum Gasteiger partial charge on any atom is -0.485 e. The Morgan fingerprint density at radius 2 is 2.17 bits per heavy atom. The minimum absolute atomic E-state index is 0.107. The van der Waals surface area contributed by atoms with E-state index in [4.69, 9.17) is 15.2 Å². The summed E-state index contributed by atoms with van der Waals surface area (Å²) in [5.74, 6) is 1.31. The first-order chi connectivity index (χ1) is 14.0. The number of aliphatic hydroxyl groups is 1. The van der Waals surface area contributed by atoms with Crippen LogP contribution in [0, 0.1) is 12.8 Å². The highest BCUT2D eigenvalue weighted by atomic mass is 16.6. The molecule has 2 saturated carbocycles. The Hall–Kier alpha value is -1.63. The summed E-state index contributed by atoms with van der Waals surface area (Å²) >= 11 is 0. The van der Waals surface area contributed by atoms with E-state index in [2.05, 4.69) is 24.0 Å². The van der Waals surface area contributed by atoms with Gasteiger partial charge in [0, 0.05) is 18.2 Å². The van der Waals surface area contributed by atoms with Gasteiger partial charge in [0.1, 0.15) is 18.0 Å². The summed E-state index contributed by atoms with van der Waals surface area (Å²) in [6.07, 6.45) is 4.90. The molecule has 6 rings (SSSR count). The zero-order valence-corrected chi connectivity index (χ0v) is 17.0. The van der Waals surface area contributed by atoms with Crippen molar-refractivity contribution in [1.29, 1.82) is 0 Å². The number of carbonyl (C=O) groups excluding carboxylic acids is 1. The van der Waals surface area contributed by atoms with Crippen LogP contribution in [0.4, 0.5) is 0 Å². The lowest BCUT2D eigenvalue weighted by Gasteiger charge is -2.64. The van der Waals surface area contributed by atoms with Crippen molar-refractivity contribution in [1.82, 2.24) is 4.90 Å². The van der Waals surface area contributed by atoms with Gasteiger partial charge in [-0.1, -0.05) is 12.1 Å². The molecule has 3 aliphatic carbocycles. The summed E-state index contributed by atoms with van der Waals surface area (Å²) < 4.78 is 12.3. The van der Waals surface area contributed by atoms with Gasteiger partial charge in [-0.25, -0.2) is 0 Å². The Labute approximate surface area is 171 Å². The molecule has 3 fully saturated rings. The van der Waals surface area contributed by atoms with Gasteiger partial charge in [0.15, 0.2) is 0 Å². The van der Waals surface area contributed by atoms with E-state index in [1.807, 2.05) is 0 Å². The maximum Gasteiger partial charge on any atom is 0.320 e. The number of ether oxygens (including phenoxy) is 2. The van der Waals surface area contributed by atoms with Crippen molar-refractivity contribution in [2.45, 2.75) is 74.7 Å². The van der Waals surface area contributed by atoms with E-state index in [0.29, 0.717) is 12.8 Å². The molecule has 1 saturated heterocycles. The number of carbonyl (C=O) groups is 1. The average molecular weight is 399 g/mol. The Bertz CT molecular complexity index is 884. The van der Waals surface area contributed by atoms with E-state index >= 15 is 0 Å². The predicted molar refractivity (Wildman–Crippen MR) is 107 cm³/mol. The first kappa shape index (κ1) is 18.2. The lowest BCUT2D eigenvalue weighted by Crippen LogP contribution is -2.77. The smallest absolute Gasteiger partial charge is 0.320 e. The molecule has 2 bridgehead atoms. The number of hydrogen-bond acceptors (Lipinski definition) is 6. The molecule has 0 radical (unpaired) electrons. The number of piperidine rings is 1. The molecule has 1 aromatic carbocycles. The number of nitrogens with zero attached hydrogens (tertiary/aromatic N) is 1. The quantitative estimate of drug-likeness (QED) is 0.747. The molecule has 29 heavy (non-hydrogen) atoms. The number of rotatable bonds is 4. The molecule has 5 atom stereocenters. The van der Waals surface area contributed by atoms with Crippen molar-refractivity contribution in [2.75, 3.05) is 19.6 Å². The molecule has 2 heterocycles. The molecule has 6 nitrogen and oxygen atoms in total. The molecular weight excluding hydrogens is 368 g/mol. The van der Waals surface area contributed by atoms with Crippen molar-refractivity contribution in [3.63, 3.8) is 0 Å². The number of hydrogen-bond donors (Lipinski definition) is 2. The summed E-state index contributed by atoms with van der Waals surface area (Å²) in [5.41, 5.74) is 7.77. The van der Waals surface area contributed by atoms with Crippen LogP contribution in [-0.2, 0) is 21.4 Å². The largest absolute Gasteiger partial charge is 0.485 e. The van der Waals surface area contributed by atoms with Gasteiger partial charge in [0.25, 0.3) is 0 Å². The number of likely N-dealkylation sites (tertiary alicyclic amines) is 1. The average Bonchev–Trinajstić information content (AvgIpc) is 3.44. The second-order valence-corrected chi connectivity index (χ2v) is 9.86. The normalized spacial score (nSPS) is 39.6. The number of esters is 1. The molecule has 1 unspecified atom stereocenters. The third-order valence-corrected chi connectivity index (χ3v) is 8.38. The molecule has 3 N–H and O–H groups in total. The van der Waals surface area contributed by atoms with Crippen LogP contribution in [0.2, 0.25) is 0 Å². The maximum absolute atomic E-state index is 12.3. The highest BCUT2D eigenvalue weighted by molar-refractivity contribution is 5.72. The van der Waals surface area contributed by atoms with Gasteiger partial charge in [-0.2, -0.15) is 0 Å². The van der Waals surface area contributed by atoms with Crippen molar-refractivity contribution >= 4 is 5.97 Å². The summed E-state index contributed by atoms with van der Waals surface area (Å²) in [5, 5.41) is 12.3. The topological polar surface area (TPSA) is 85.0 Å². The number of aryl methyl sites for hydroxylation is 1. The van der Waals surface area contributed by atoms with E-state index in [1.54, 1.807) is 0 Å². The van der Waals surface area contributed by atoms with E-state index in [1.165, 1.54) is 24.0 Å². The van der Waals surface area contributed by atoms with E-state index in [9.17, 15) is 9.90 Å². The second kappa shape index (κ2) is 5.96. The van der Waals surface area contributed by atoms with E-state index in [0.717, 1.165) is 43.2 Å². The fourth-order valence-electron chi connectivity index (χ4n) is 6.92. The van der Waals surface area contributed by atoms with Gasteiger partial charge in [0.05, 0.1) is 17.6 Å². The first-order valence-corrected chi connectivity index (χ1v) is 11.1. The van der Waals surface area contributed by atoms with Crippen molar-refractivity contribution in [3.05, 3.63) is 28.8 Å². The molecule has 2 aliphatic heterocycles. The van der Waals surface area contributed by atoms with Gasteiger partial charge in [0.2, 0.25) is 0 Å². The molecule has 1 spiro atoms. The third-order valence-electron chi connectivity index (χ3n) is 8.38. The minimum atomic E-state index is -0.845. The van der Waals surface area contributed by atoms with Crippen LogP contribution in [0.1, 0.15) is 48.8 Å². The molecule has 6 heteroatoms. The van der Waals surface area contributed by atoms with Crippen molar-refractivity contribution < 1.29 is 19.4 Å². The molecule has 156 valence electrons. The lowest BCUT2D eigenvalue weighted by molar-refractivity contribution is -0.215. The van der Waals surface area contributed by atoms with E-state index in [-0.39, 0.29) is 24.8 Å². The van der Waals surface area contributed by atoms with Crippen LogP contribution in [0.25, 0.3) is 0 Å². The standard InChI is InChI=1S/C23H30N2O4/c1-13-2-5-15-10-17-23(27)7-6-16(28-18(26)11-24)21-22(23,19(15)20(13)29-21)8-9-25(17)12-14-3-4-14/h2,5,14,16-17,21,27H,3-4,6-12,24H2,1H3/t16-,17-,21?,22+,23-/m1/s1. The van der Waals surface area contributed by atoms with Gasteiger partial charge in [-0.05, 0) is 69.0 Å². The van der Waals surface area contributed by atoms with Gasteiger partial charge >= 0.3 is 5.97 Å². The third kappa shape index (κ3) is 2.25. The van der Waals surface area contributed by atoms with Gasteiger partial charge in [-0.3, -0.25) is 9.69 Å². The number of nitrogens with two attached hydrogens (primary N) is 1. The van der Waals surface area contributed by atoms with E-state index < -0.39 is 17.0 Å². The van der Waals surface area contributed by atoms with Crippen molar-refractivity contribution in [2.24, 2.45) is 11.7 Å². The zero-order valence-electron chi connectivity index (χ0n) is 17.0. The van der Waals surface area contributed by atoms with Gasteiger partial charge < -0.3 is 20.3 Å². The number of benzene rings is 1. The summed E-state index contributed by atoms with van der Waals surface area (Å²) in [4.78, 5) is 14.6. The molecular formula is C23H30N2O4. The fourth-order valence-corrected chi connectivity index (χ4v) is 6.92. The maximum atomic E-state index is 12.3. The molecule has 0 aromatic heterocycles. The Balaban J connectivity index is 1.49. The van der Waals surface area contributed by atoms with Crippen LogP contribution in [0.3, 0.4) is 0 Å². The fraction of sp³-hybridized carbons (Fsp3) is 0.696. The Morgan fingerprint density at radius 1 is 1.34 bits per heavy atom. The monoisotopic (exact) mass is 398 g/mol. The molecule has 5 aliphatic rings. The first-order valence-electron chi connectivity index (χ1n) is 11.1. The van der Waals surface area contributed by atoms with Crippen LogP contribution in [0.15, 0.2) is 12.1 Å². The van der Waals surface area contributed by atoms with Crippen LogP contribution in [-0.4, -0.2) is 59.5 Å². The lowest BCUT2D eigenvalue weighted by atomic mass is 9.48. The van der Waals surface area contributed by atoms with Crippen molar-refractivity contribution in [3.8, 4) is 5.75 Å². The Morgan fingerprint density at radius 3 is 2.93 bits per heavy atom. The highest BCUT2D eigenvalue weighted by Gasteiger charge is 2.73. The van der Waals surface area contributed by atoms with Gasteiger partial charge in [-0.15, -0.1) is 0 Å². The Kier molecular flexibility index (Phi) is 3.73. The summed E-state index contributed by atoms with van der Waals surface area (Å²) in [7, 11) is 0. The van der Waals surface area contributed by atoms with Crippen LogP contribution in [0.5, 0.6) is 5.75 Å². The molecule has 1 aromatic rings. The second-order valence-electron chi connectivity index (χ2n) is 9.86. The summed E-state index contributed by atoms with van der Waals surface area (Å²) in [6.45, 7) is 4.00.